The number of aromatic nitrogens is 3. The zero-order valence-corrected chi connectivity index (χ0v) is 11.8. The SMILES string of the molecule is Cc1cc(Cc2noc(-c3coc4cc(F)cc(F)c34)n2)no1. The zero-order valence-electron chi connectivity index (χ0n) is 11.8. The number of hydrogen-bond donors (Lipinski definition) is 0. The van der Waals surface area contributed by atoms with E-state index in [1.54, 1.807) is 13.0 Å². The van der Waals surface area contributed by atoms with E-state index in [1.807, 2.05) is 0 Å². The third-order valence-electron chi connectivity index (χ3n) is 3.31. The van der Waals surface area contributed by atoms with Gasteiger partial charge in [0.05, 0.1) is 23.1 Å². The fourth-order valence-corrected chi connectivity index (χ4v) is 2.34. The van der Waals surface area contributed by atoms with Crippen LogP contribution in [0.2, 0.25) is 0 Å². The number of benzene rings is 1. The second-order valence-electron chi connectivity index (χ2n) is 5.03. The van der Waals surface area contributed by atoms with Crippen LogP contribution in [0.3, 0.4) is 0 Å². The third-order valence-corrected chi connectivity index (χ3v) is 3.31. The minimum absolute atomic E-state index is 0.0735. The summed E-state index contributed by atoms with van der Waals surface area (Å²) in [5.41, 5.74) is 0.997. The first kappa shape index (κ1) is 13.6. The average molecular weight is 317 g/mol. The molecule has 0 fully saturated rings. The number of halogens is 2. The smallest absolute Gasteiger partial charge is 0.261 e. The van der Waals surface area contributed by atoms with Crippen LogP contribution >= 0.6 is 0 Å². The van der Waals surface area contributed by atoms with Crippen LogP contribution in [-0.2, 0) is 6.42 Å². The van der Waals surface area contributed by atoms with Gasteiger partial charge < -0.3 is 13.5 Å². The van der Waals surface area contributed by atoms with Gasteiger partial charge in [-0.2, -0.15) is 4.98 Å². The lowest BCUT2D eigenvalue weighted by Crippen LogP contribution is -1.90. The van der Waals surface area contributed by atoms with Crippen LogP contribution in [0.15, 0.2) is 37.9 Å². The zero-order chi connectivity index (χ0) is 16.0. The Bertz CT molecular complexity index is 1000. The van der Waals surface area contributed by atoms with Crippen LogP contribution in [0.5, 0.6) is 0 Å². The van der Waals surface area contributed by atoms with Crippen LogP contribution < -0.4 is 0 Å². The lowest BCUT2D eigenvalue weighted by atomic mass is 10.1. The number of fused-ring (bicyclic) bond motifs is 1. The minimum Gasteiger partial charge on any atom is -0.463 e. The molecule has 6 nitrogen and oxygen atoms in total. The summed E-state index contributed by atoms with van der Waals surface area (Å²) in [6, 6.07) is 3.62. The van der Waals surface area contributed by atoms with Crippen LogP contribution in [-0.4, -0.2) is 15.3 Å². The molecular formula is C15H9F2N3O3. The first-order valence-corrected chi connectivity index (χ1v) is 6.71. The summed E-state index contributed by atoms with van der Waals surface area (Å²) in [5.74, 6) is -0.345. The monoisotopic (exact) mass is 317 g/mol. The van der Waals surface area contributed by atoms with E-state index in [1.165, 1.54) is 6.26 Å². The number of rotatable bonds is 3. The third kappa shape index (κ3) is 2.37. The van der Waals surface area contributed by atoms with Crippen LogP contribution in [0.4, 0.5) is 8.78 Å². The molecule has 23 heavy (non-hydrogen) atoms. The van der Waals surface area contributed by atoms with E-state index in [2.05, 4.69) is 15.3 Å². The van der Waals surface area contributed by atoms with Crippen molar-refractivity contribution in [3.63, 3.8) is 0 Å². The second kappa shape index (κ2) is 5.01. The van der Waals surface area contributed by atoms with Gasteiger partial charge in [0, 0.05) is 18.2 Å². The highest BCUT2D eigenvalue weighted by Crippen LogP contribution is 2.32. The van der Waals surface area contributed by atoms with Gasteiger partial charge in [-0.1, -0.05) is 10.3 Å². The molecule has 0 N–H and O–H groups in total. The molecule has 0 radical (unpaired) electrons. The summed E-state index contributed by atoms with van der Waals surface area (Å²) in [4.78, 5) is 4.19. The molecule has 3 heterocycles. The molecule has 4 rings (SSSR count). The fourth-order valence-electron chi connectivity index (χ4n) is 2.34. The van der Waals surface area contributed by atoms with Crippen molar-refractivity contribution in [1.82, 2.24) is 15.3 Å². The highest BCUT2D eigenvalue weighted by Gasteiger charge is 2.19. The van der Waals surface area contributed by atoms with E-state index in [0.29, 0.717) is 23.7 Å². The number of nitrogens with zero attached hydrogens (tertiary/aromatic N) is 3. The molecule has 0 amide bonds. The molecule has 0 aliphatic heterocycles. The van der Waals surface area contributed by atoms with Crippen molar-refractivity contribution < 1.29 is 22.2 Å². The maximum absolute atomic E-state index is 14.0. The van der Waals surface area contributed by atoms with Crippen molar-refractivity contribution in [3.8, 4) is 11.5 Å². The van der Waals surface area contributed by atoms with Crippen molar-refractivity contribution in [1.29, 1.82) is 0 Å². The van der Waals surface area contributed by atoms with Crippen molar-refractivity contribution in [2.75, 3.05) is 0 Å². The predicted octanol–water partition coefficient (Wildman–Crippen LogP) is 3.65. The molecule has 0 unspecified atom stereocenters. The van der Waals surface area contributed by atoms with Gasteiger partial charge in [0.1, 0.15) is 29.2 Å². The van der Waals surface area contributed by atoms with Crippen LogP contribution in [0, 0.1) is 18.6 Å². The lowest BCUT2D eigenvalue weighted by molar-refractivity contribution is 0.390. The highest BCUT2D eigenvalue weighted by molar-refractivity contribution is 5.92. The molecule has 0 aliphatic rings. The van der Waals surface area contributed by atoms with E-state index in [4.69, 9.17) is 13.5 Å². The maximum Gasteiger partial charge on any atom is 0.261 e. The molecule has 0 atom stereocenters. The largest absolute Gasteiger partial charge is 0.463 e. The van der Waals surface area contributed by atoms with Crippen molar-refractivity contribution in [2.24, 2.45) is 0 Å². The molecule has 3 aromatic heterocycles. The Morgan fingerprint density at radius 1 is 1.09 bits per heavy atom. The highest BCUT2D eigenvalue weighted by atomic mass is 19.1. The Balaban J connectivity index is 1.72. The first-order valence-electron chi connectivity index (χ1n) is 6.71. The molecule has 8 heteroatoms. The normalized spacial score (nSPS) is 11.4. The van der Waals surface area contributed by atoms with Gasteiger partial charge in [-0.25, -0.2) is 8.78 Å². The molecule has 1 aromatic carbocycles. The van der Waals surface area contributed by atoms with Crippen LogP contribution in [0.1, 0.15) is 17.3 Å². The summed E-state index contributed by atoms with van der Waals surface area (Å²) < 4.78 is 42.4. The molecule has 0 bridgehead atoms. The van der Waals surface area contributed by atoms with Gasteiger partial charge in [0.2, 0.25) is 0 Å². The van der Waals surface area contributed by atoms with Gasteiger partial charge in [-0.3, -0.25) is 0 Å². The number of furan rings is 1. The Labute approximate surface area is 127 Å². The summed E-state index contributed by atoms with van der Waals surface area (Å²) in [5, 5.41) is 7.76. The van der Waals surface area contributed by atoms with E-state index in [-0.39, 0.29) is 22.4 Å². The van der Waals surface area contributed by atoms with Gasteiger partial charge >= 0.3 is 0 Å². The Morgan fingerprint density at radius 3 is 2.74 bits per heavy atom. The van der Waals surface area contributed by atoms with Crippen molar-refractivity contribution in [3.05, 3.63) is 53.4 Å². The fraction of sp³-hybridized carbons (Fsp3) is 0.133. The first-order chi connectivity index (χ1) is 11.1. The maximum atomic E-state index is 14.0. The summed E-state index contributed by atoms with van der Waals surface area (Å²) >= 11 is 0. The van der Waals surface area contributed by atoms with Crippen molar-refractivity contribution in [2.45, 2.75) is 13.3 Å². The quantitative estimate of drug-likeness (QED) is 0.574. The number of hydrogen-bond acceptors (Lipinski definition) is 6. The van der Waals surface area contributed by atoms with Crippen molar-refractivity contribution >= 4 is 11.0 Å². The average Bonchev–Trinajstić information content (AvgIpc) is 3.19. The molecule has 0 saturated heterocycles. The van der Waals surface area contributed by atoms with Crippen LogP contribution in [0.25, 0.3) is 22.4 Å². The molecule has 0 aliphatic carbocycles. The molecule has 0 spiro atoms. The second-order valence-corrected chi connectivity index (χ2v) is 5.03. The summed E-state index contributed by atoms with van der Waals surface area (Å²) in [6.45, 7) is 1.78. The van der Waals surface area contributed by atoms with Gasteiger partial charge in [0.15, 0.2) is 5.82 Å². The Kier molecular flexibility index (Phi) is 2.97. The topological polar surface area (TPSA) is 78.1 Å². The van der Waals surface area contributed by atoms with E-state index >= 15 is 0 Å². The molecule has 0 saturated carbocycles. The van der Waals surface area contributed by atoms with Gasteiger partial charge in [-0.05, 0) is 6.92 Å². The van der Waals surface area contributed by atoms with E-state index < -0.39 is 11.6 Å². The van der Waals surface area contributed by atoms with E-state index in [0.717, 1.165) is 12.1 Å². The molecule has 4 aromatic rings. The minimum atomic E-state index is -0.754. The number of aryl methyl sites for hydroxylation is 1. The van der Waals surface area contributed by atoms with E-state index in [9.17, 15) is 8.78 Å². The summed E-state index contributed by atoms with van der Waals surface area (Å²) in [6.07, 6.45) is 1.57. The summed E-state index contributed by atoms with van der Waals surface area (Å²) in [7, 11) is 0. The molecule has 116 valence electrons. The molecular weight excluding hydrogens is 308 g/mol. The predicted molar refractivity (Wildman–Crippen MR) is 73.5 cm³/mol. The standard InChI is InChI=1S/C15H9F2N3O3/c1-7-2-9(19-22-7)5-13-18-15(23-20-13)10-6-21-12-4-8(16)3-11(17)14(10)12/h2-4,6H,5H2,1H3. The van der Waals surface area contributed by atoms with Gasteiger partial charge in [-0.15, -0.1) is 0 Å². The van der Waals surface area contributed by atoms with Gasteiger partial charge in [0.25, 0.3) is 5.89 Å². The Morgan fingerprint density at radius 2 is 1.96 bits per heavy atom. The Hall–Kier alpha value is -3.03. The lowest BCUT2D eigenvalue weighted by Gasteiger charge is -1.94.